The molecule has 9 heavy (non-hydrogen) atoms. The molecule has 3 nitrogen and oxygen atoms in total. The van der Waals surface area contributed by atoms with Gasteiger partial charge in [0.2, 0.25) is 5.91 Å². The minimum absolute atomic E-state index is 0.0893. The first kappa shape index (κ1) is 6.26. The van der Waals surface area contributed by atoms with Crippen LogP contribution in [0.15, 0.2) is 0 Å². The maximum Gasteiger partial charge on any atom is 0.316 e. The predicted molar refractivity (Wildman–Crippen MR) is 31.2 cm³/mol. The second-order valence-electron chi connectivity index (χ2n) is 2.22. The van der Waals surface area contributed by atoms with E-state index in [9.17, 15) is 9.59 Å². The van der Waals surface area contributed by atoms with Gasteiger partial charge < -0.3 is 0 Å². The third-order valence-corrected chi connectivity index (χ3v) is 1.65. The van der Waals surface area contributed by atoms with Crippen LogP contribution >= 0.6 is 0 Å². The highest BCUT2D eigenvalue weighted by atomic mass is 16.2. The SMILES string of the molecule is O=[C]NC(=O)C1CCC1. The van der Waals surface area contributed by atoms with Crippen LogP contribution in [-0.2, 0) is 9.59 Å². The lowest BCUT2D eigenvalue weighted by Gasteiger charge is -2.22. The van der Waals surface area contributed by atoms with Crippen LogP contribution in [0.4, 0.5) is 0 Å². The van der Waals surface area contributed by atoms with Crippen LogP contribution in [0.1, 0.15) is 19.3 Å². The number of hydrogen-bond acceptors (Lipinski definition) is 2. The smallest absolute Gasteiger partial charge is 0.288 e. The summed E-state index contributed by atoms with van der Waals surface area (Å²) < 4.78 is 0. The largest absolute Gasteiger partial charge is 0.316 e. The van der Waals surface area contributed by atoms with Crippen LogP contribution in [0.3, 0.4) is 0 Å². The van der Waals surface area contributed by atoms with E-state index in [4.69, 9.17) is 0 Å². The number of nitrogens with one attached hydrogen (secondary N) is 1. The van der Waals surface area contributed by atoms with Gasteiger partial charge >= 0.3 is 6.41 Å². The van der Waals surface area contributed by atoms with Crippen molar-refractivity contribution in [2.45, 2.75) is 19.3 Å². The van der Waals surface area contributed by atoms with E-state index < -0.39 is 0 Å². The van der Waals surface area contributed by atoms with Crippen molar-refractivity contribution in [1.29, 1.82) is 0 Å². The van der Waals surface area contributed by atoms with E-state index in [-0.39, 0.29) is 11.8 Å². The average molecular weight is 126 g/mol. The van der Waals surface area contributed by atoms with E-state index in [1.54, 1.807) is 0 Å². The van der Waals surface area contributed by atoms with Gasteiger partial charge in [0.25, 0.3) is 0 Å². The zero-order valence-electron chi connectivity index (χ0n) is 5.02. The molecule has 1 rings (SSSR count). The zero-order chi connectivity index (χ0) is 6.69. The van der Waals surface area contributed by atoms with Crippen LogP contribution in [0.2, 0.25) is 0 Å². The first-order chi connectivity index (χ1) is 4.34. The topological polar surface area (TPSA) is 46.2 Å². The second kappa shape index (κ2) is 2.62. The molecule has 49 valence electrons. The molecule has 1 fully saturated rings. The molecule has 0 unspecified atom stereocenters. The fraction of sp³-hybridized carbons (Fsp3) is 0.667. The number of rotatable bonds is 2. The van der Waals surface area contributed by atoms with Gasteiger partial charge in [0.05, 0.1) is 0 Å². The summed E-state index contributed by atoms with van der Waals surface area (Å²) >= 11 is 0. The van der Waals surface area contributed by atoms with Crippen molar-refractivity contribution in [3.05, 3.63) is 0 Å². The first-order valence-corrected chi connectivity index (χ1v) is 3.01. The van der Waals surface area contributed by atoms with Gasteiger partial charge in [-0.15, -0.1) is 0 Å². The summed E-state index contributed by atoms with van der Waals surface area (Å²) in [4.78, 5) is 20.3. The molecule has 1 aliphatic carbocycles. The third-order valence-electron chi connectivity index (χ3n) is 1.65. The zero-order valence-corrected chi connectivity index (χ0v) is 5.02. The molecule has 2 amide bonds. The normalized spacial score (nSPS) is 18.2. The lowest BCUT2D eigenvalue weighted by molar-refractivity contribution is -0.125. The Morgan fingerprint density at radius 2 is 2.22 bits per heavy atom. The predicted octanol–water partition coefficient (Wildman–Crippen LogP) is -0.0301. The third kappa shape index (κ3) is 1.28. The van der Waals surface area contributed by atoms with Crippen LogP contribution in [-0.4, -0.2) is 12.3 Å². The molecule has 1 radical (unpaired) electrons. The van der Waals surface area contributed by atoms with Crippen LogP contribution in [0.5, 0.6) is 0 Å². The first-order valence-electron chi connectivity index (χ1n) is 3.01. The van der Waals surface area contributed by atoms with Gasteiger partial charge in [-0.2, -0.15) is 0 Å². The van der Waals surface area contributed by atoms with E-state index in [2.05, 4.69) is 0 Å². The molecule has 0 spiro atoms. The molecule has 0 saturated heterocycles. The van der Waals surface area contributed by atoms with Crippen molar-refractivity contribution in [3.8, 4) is 0 Å². The highest BCUT2D eigenvalue weighted by Crippen LogP contribution is 2.25. The van der Waals surface area contributed by atoms with Gasteiger partial charge in [0.15, 0.2) is 0 Å². The summed E-state index contributed by atoms with van der Waals surface area (Å²) in [6.45, 7) is 0. The molecule has 0 aromatic rings. The van der Waals surface area contributed by atoms with Gasteiger partial charge in [0, 0.05) is 5.92 Å². The standard InChI is InChI=1S/C6H8NO2/c8-4-7-6(9)5-2-1-3-5/h5H,1-3H2,(H,7,8,9). The molecule has 0 aromatic heterocycles. The summed E-state index contributed by atoms with van der Waals surface area (Å²) in [5.41, 5.74) is 0. The number of carbonyl (C=O) groups is 1. The van der Waals surface area contributed by atoms with Gasteiger partial charge in [-0.05, 0) is 12.8 Å². The van der Waals surface area contributed by atoms with E-state index in [1.165, 1.54) is 6.41 Å². The Kier molecular flexibility index (Phi) is 1.82. The molecule has 0 aliphatic heterocycles. The molecule has 1 N–H and O–H groups in total. The van der Waals surface area contributed by atoms with Crippen LogP contribution in [0.25, 0.3) is 0 Å². The molecule has 0 bridgehead atoms. The lowest BCUT2D eigenvalue weighted by Crippen LogP contribution is -2.33. The summed E-state index contributed by atoms with van der Waals surface area (Å²) in [5.74, 6) is -0.0808. The molecule has 1 aliphatic rings. The van der Waals surface area contributed by atoms with Crippen molar-refractivity contribution < 1.29 is 9.59 Å². The van der Waals surface area contributed by atoms with E-state index in [0.29, 0.717) is 0 Å². The highest BCUT2D eigenvalue weighted by molar-refractivity contribution is 5.88. The van der Waals surface area contributed by atoms with Crippen LogP contribution in [0, 0.1) is 5.92 Å². The van der Waals surface area contributed by atoms with Gasteiger partial charge in [0.1, 0.15) is 0 Å². The lowest BCUT2D eigenvalue weighted by atomic mass is 9.85. The Bertz CT molecular complexity index is 129. The van der Waals surface area contributed by atoms with Crippen molar-refractivity contribution in [2.75, 3.05) is 0 Å². The minimum atomic E-state index is -0.170. The number of hydrogen-bond donors (Lipinski definition) is 1. The highest BCUT2D eigenvalue weighted by Gasteiger charge is 2.24. The van der Waals surface area contributed by atoms with Gasteiger partial charge in [-0.3, -0.25) is 14.9 Å². The van der Waals surface area contributed by atoms with Crippen LogP contribution < -0.4 is 5.32 Å². The average Bonchev–Trinajstić information content (AvgIpc) is 1.60. The molecular weight excluding hydrogens is 118 g/mol. The van der Waals surface area contributed by atoms with E-state index in [1.807, 2.05) is 5.32 Å². The van der Waals surface area contributed by atoms with Gasteiger partial charge in [-0.25, -0.2) is 0 Å². The van der Waals surface area contributed by atoms with E-state index >= 15 is 0 Å². The quantitative estimate of drug-likeness (QED) is 0.528. The number of carbonyl (C=O) groups excluding carboxylic acids is 2. The molecule has 0 heterocycles. The molecular formula is C6H8NO2. The maximum absolute atomic E-state index is 10.7. The molecule has 3 heteroatoms. The Morgan fingerprint density at radius 1 is 1.56 bits per heavy atom. The second-order valence-corrected chi connectivity index (χ2v) is 2.22. The van der Waals surface area contributed by atoms with Gasteiger partial charge in [-0.1, -0.05) is 6.42 Å². The summed E-state index contributed by atoms with van der Waals surface area (Å²) in [6, 6.07) is 0. The Labute approximate surface area is 53.4 Å². The van der Waals surface area contributed by atoms with Crippen molar-refractivity contribution in [2.24, 2.45) is 5.92 Å². The summed E-state index contributed by atoms with van der Waals surface area (Å²) in [7, 11) is 0. The minimum Gasteiger partial charge on any atom is -0.288 e. The number of amides is 2. The van der Waals surface area contributed by atoms with Crippen molar-refractivity contribution >= 4 is 12.3 Å². The van der Waals surface area contributed by atoms with Crippen molar-refractivity contribution in [1.82, 2.24) is 5.32 Å². The van der Waals surface area contributed by atoms with Crippen molar-refractivity contribution in [3.63, 3.8) is 0 Å². The van der Waals surface area contributed by atoms with E-state index in [0.717, 1.165) is 19.3 Å². The molecule has 0 atom stereocenters. The Balaban J connectivity index is 2.23. The molecule has 0 aromatic carbocycles. The summed E-state index contributed by atoms with van der Waals surface area (Å²) in [5, 5.41) is 2.00. The summed E-state index contributed by atoms with van der Waals surface area (Å²) in [6.07, 6.45) is 4.32. The fourth-order valence-corrected chi connectivity index (χ4v) is 0.823. The monoisotopic (exact) mass is 126 g/mol. The number of imide groups is 1. The Hall–Kier alpha value is -0.860. The Morgan fingerprint density at radius 3 is 2.56 bits per heavy atom. The molecule has 1 saturated carbocycles. The fourth-order valence-electron chi connectivity index (χ4n) is 0.823. The maximum atomic E-state index is 10.7.